The first-order valence-electron chi connectivity index (χ1n) is 5.12. The van der Waals surface area contributed by atoms with Crippen LogP contribution < -0.4 is 0 Å². The minimum absolute atomic E-state index is 0.114. The van der Waals surface area contributed by atoms with Crippen LogP contribution in [0.2, 0.25) is 0 Å². The zero-order valence-electron chi connectivity index (χ0n) is 9.62. The summed E-state index contributed by atoms with van der Waals surface area (Å²) < 4.78 is 4.84. The minimum Gasteiger partial charge on any atom is -0.377 e. The molecule has 0 amide bonds. The third-order valence-electron chi connectivity index (χ3n) is 2.50. The van der Waals surface area contributed by atoms with Crippen molar-refractivity contribution in [3.05, 3.63) is 35.9 Å². The maximum absolute atomic E-state index is 11.5. The average molecular weight is 206 g/mol. The smallest absolute Gasteiger partial charge is 0.159 e. The van der Waals surface area contributed by atoms with Gasteiger partial charge in [0.25, 0.3) is 0 Å². The van der Waals surface area contributed by atoms with Gasteiger partial charge in [0.2, 0.25) is 0 Å². The highest BCUT2D eigenvalue weighted by atomic mass is 16.5. The number of Topliss-reactive ketones (excluding diaryl/α,β-unsaturated/α-hetero) is 1. The van der Waals surface area contributed by atoms with Crippen molar-refractivity contribution < 1.29 is 9.53 Å². The Balaban J connectivity index is 2.71. The molecule has 1 aromatic carbocycles. The van der Waals surface area contributed by atoms with Crippen molar-refractivity contribution in [2.75, 3.05) is 13.7 Å². The van der Waals surface area contributed by atoms with Crippen LogP contribution in [0.25, 0.3) is 0 Å². The van der Waals surface area contributed by atoms with Gasteiger partial charge in [-0.25, -0.2) is 0 Å². The van der Waals surface area contributed by atoms with Crippen molar-refractivity contribution in [1.29, 1.82) is 0 Å². The molecule has 15 heavy (non-hydrogen) atoms. The maximum Gasteiger partial charge on any atom is 0.159 e. The summed E-state index contributed by atoms with van der Waals surface area (Å²) in [5.74, 6) is 0.145. The molecular weight excluding hydrogens is 188 g/mol. The van der Waals surface area contributed by atoms with E-state index < -0.39 is 0 Å². The van der Waals surface area contributed by atoms with E-state index in [-0.39, 0.29) is 17.8 Å². The molecule has 0 unspecified atom stereocenters. The molecular formula is C13H18O2. The summed E-state index contributed by atoms with van der Waals surface area (Å²) in [6.07, 6.45) is 0.519. The molecule has 0 saturated heterocycles. The molecule has 0 atom stereocenters. The van der Waals surface area contributed by atoms with E-state index >= 15 is 0 Å². The highest BCUT2D eigenvalue weighted by Gasteiger charge is 2.23. The third kappa shape index (κ3) is 3.48. The molecule has 0 aliphatic rings. The fourth-order valence-electron chi connectivity index (χ4n) is 1.70. The Morgan fingerprint density at radius 1 is 1.27 bits per heavy atom. The van der Waals surface area contributed by atoms with Gasteiger partial charge in [-0.05, 0) is 11.0 Å². The molecule has 2 nitrogen and oxygen atoms in total. The van der Waals surface area contributed by atoms with Crippen molar-refractivity contribution >= 4 is 5.78 Å². The summed E-state index contributed by atoms with van der Waals surface area (Å²) in [7, 11) is 1.55. The number of carbonyl (C=O) groups excluding carboxylic acids is 1. The van der Waals surface area contributed by atoms with Gasteiger partial charge in [0.15, 0.2) is 5.78 Å². The first-order chi connectivity index (χ1) is 7.06. The van der Waals surface area contributed by atoms with E-state index in [0.717, 1.165) is 0 Å². The lowest BCUT2D eigenvalue weighted by atomic mass is 9.80. The van der Waals surface area contributed by atoms with Crippen LogP contribution in [-0.2, 0) is 14.9 Å². The largest absolute Gasteiger partial charge is 0.377 e. The molecule has 1 aromatic rings. The summed E-state index contributed by atoms with van der Waals surface area (Å²) in [4.78, 5) is 11.5. The summed E-state index contributed by atoms with van der Waals surface area (Å²) in [6.45, 7) is 4.36. The Morgan fingerprint density at radius 2 is 1.87 bits per heavy atom. The second kappa shape index (κ2) is 5.08. The molecule has 0 saturated carbocycles. The normalized spacial score (nSPS) is 11.4. The average Bonchev–Trinajstić information content (AvgIpc) is 2.18. The van der Waals surface area contributed by atoms with Crippen molar-refractivity contribution in [2.45, 2.75) is 25.7 Å². The van der Waals surface area contributed by atoms with Gasteiger partial charge in [-0.3, -0.25) is 4.79 Å². The molecule has 0 radical (unpaired) electrons. The molecule has 0 fully saturated rings. The summed E-state index contributed by atoms with van der Waals surface area (Å²) in [6, 6.07) is 10.1. The molecule has 0 N–H and O–H groups in total. The zero-order chi connectivity index (χ0) is 11.3. The molecule has 0 aromatic heterocycles. The number of hydrogen-bond acceptors (Lipinski definition) is 2. The molecule has 2 heteroatoms. The standard InChI is InChI=1S/C13H18O2/c1-13(2,9-12(14)10-15-3)11-7-5-4-6-8-11/h4-8H,9-10H2,1-3H3. The molecule has 1 rings (SSSR count). The van der Waals surface area contributed by atoms with Crippen molar-refractivity contribution in [2.24, 2.45) is 0 Å². The number of benzene rings is 1. The Bertz CT molecular complexity index is 315. The van der Waals surface area contributed by atoms with Crippen LogP contribution in [0.1, 0.15) is 25.8 Å². The van der Waals surface area contributed by atoms with Gasteiger partial charge in [-0.2, -0.15) is 0 Å². The molecule has 0 aliphatic heterocycles. The van der Waals surface area contributed by atoms with Crippen LogP contribution in [0.3, 0.4) is 0 Å². The van der Waals surface area contributed by atoms with Crippen molar-refractivity contribution in [3.8, 4) is 0 Å². The Labute approximate surface area is 91.3 Å². The van der Waals surface area contributed by atoms with Crippen LogP contribution in [-0.4, -0.2) is 19.5 Å². The van der Waals surface area contributed by atoms with Gasteiger partial charge in [0.05, 0.1) is 0 Å². The Hall–Kier alpha value is -1.15. The monoisotopic (exact) mass is 206 g/mol. The van der Waals surface area contributed by atoms with E-state index in [1.54, 1.807) is 7.11 Å². The quantitative estimate of drug-likeness (QED) is 0.740. The van der Waals surface area contributed by atoms with Crippen LogP contribution in [0, 0.1) is 0 Å². The van der Waals surface area contributed by atoms with E-state index in [2.05, 4.69) is 26.0 Å². The fourth-order valence-corrected chi connectivity index (χ4v) is 1.70. The second-order valence-corrected chi connectivity index (χ2v) is 4.40. The molecule has 0 bridgehead atoms. The van der Waals surface area contributed by atoms with Gasteiger partial charge < -0.3 is 4.74 Å². The fraction of sp³-hybridized carbons (Fsp3) is 0.462. The second-order valence-electron chi connectivity index (χ2n) is 4.40. The van der Waals surface area contributed by atoms with E-state index in [0.29, 0.717) is 6.42 Å². The number of hydrogen-bond donors (Lipinski definition) is 0. The predicted octanol–water partition coefficient (Wildman–Crippen LogP) is 2.57. The van der Waals surface area contributed by atoms with E-state index in [1.807, 2.05) is 18.2 Å². The molecule has 0 heterocycles. The first-order valence-corrected chi connectivity index (χ1v) is 5.12. The van der Waals surface area contributed by atoms with E-state index in [4.69, 9.17) is 4.74 Å². The topological polar surface area (TPSA) is 26.3 Å². The van der Waals surface area contributed by atoms with Gasteiger partial charge in [-0.1, -0.05) is 44.2 Å². The third-order valence-corrected chi connectivity index (χ3v) is 2.50. The Morgan fingerprint density at radius 3 is 2.40 bits per heavy atom. The summed E-state index contributed by atoms with van der Waals surface area (Å²) in [5.41, 5.74) is 1.08. The van der Waals surface area contributed by atoms with Crippen LogP contribution in [0.5, 0.6) is 0 Å². The van der Waals surface area contributed by atoms with Gasteiger partial charge in [0, 0.05) is 13.5 Å². The lowest BCUT2D eigenvalue weighted by molar-refractivity contribution is -0.123. The van der Waals surface area contributed by atoms with Crippen molar-refractivity contribution in [3.63, 3.8) is 0 Å². The number of methoxy groups -OCH3 is 1. The molecule has 0 aliphatic carbocycles. The highest BCUT2D eigenvalue weighted by molar-refractivity contribution is 5.81. The molecule has 0 spiro atoms. The van der Waals surface area contributed by atoms with E-state index in [1.165, 1.54) is 5.56 Å². The minimum atomic E-state index is -0.114. The van der Waals surface area contributed by atoms with Crippen LogP contribution in [0.15, 0.2) is 30.3 Å². The number of rotatable bonds is 5. The van der Waals surface area contributed by atoms with Gasteiger partial charge >= 0.3 is 0 Å². The van der Waals surface area contributed by atoms with Gasteiger partial charge in [-0.15, -0.1) is 0 Å². The number of ether oxygens (including phenoxy) is 1. The highest BCUT2D eigenvalue weighted by Crippen LogP contribution is 2.26. The van der Waals surface area contributed by atoms with Crippen LogP contribution >= 0.6 is 0 Å². The lowest BCUT2D eigenvalue weighted by Gasteiger charge is -2.24. The predicted molar refractivity (Wildman–Crippen MR) is 61.0 cm³/mol. The van der Waals surface area contributed by atoms with Crippen molar-refractivity contribution in [1.82, 2.24) is 0 Å². The first kappa shape index (κ1) is 11.9. The van der Waals surface area contributed by atoms with Gasteiger partial charge in [0.1, 0.15) is 6.61 Å². The SMILES string of the molecule is COCC(=O)CC(C)(C)c1ccccc1. The zero-order valence-corrected chi connectivity index (χ0v) is 9.62. The summed E-state index contributed by atoms with van der Waals surface area (Å²) in [5, 5.41) is 0. The lowest BCUT2D eigenvalue weighted by Crippen LogP contribution is -2.23. The maximum atomic E-state index is 11.5. The Kier molecular flexibility index (Phi) is 4.04. The van der Waals surface area contributed by atoms with E-state index in [9.17, 15) is 4.79 Å². The number of ketones is 1. The number of carbonyl (C=O) groups is 1. The van der Waals surface area contributed by atoms with Crippen LogP contribution in [0.4, 0.5) is 0 Å². The molecule has 82 valence electrons. The summed E-state index contributed by atoms with van der Waals surface area (Å²) >= 11 is 0.